The zero-order valence-electron chi connectivity index (χ0n) is 15.8. The quantitative estimate of drug-likeness (QED) is 0.228. The number of allylic oxidation sites excluding steroid dienone is 3. The largest absolute Gasteiger partial charge is 0.459 e. The minimum absolute atomic E-state index is 0.0617. The molecule has 0 fully saturated rings. The van der Waals surface area contributed by atoms with Crippen molar-refractivity contribution in [3.8, 4) is 0 Å². The van der Waals surface area contributed by atoms with Gasteiger partial charge in [-0.1, -0.05) is 35.9 Å². The van der Waals surface area contributed by atoms with E-state index in [1.54, 1.807) is 19.1 Å². The Morgan fingerprint density at radius 2 is 1.88 bits per heavy atom. The normalized spacial score (nSPS) is 12.0. The first-order valence-electron chi connectivity index (χ1n) is 8.72. The van der Waals surface area contributed by atoms with Crippen LogP contribution in [-0.2, 0) is 16.0 Å². The number of benzene rings is 1. The van der Waals surface area contributed by atoms with Crippen molar-refractivity contribution in [2.75, 3.05) is 0 Å². The summed E-state index contributed by atoms with van der Waals surface area (Å²) in [6.07, 6.45) is 8.74. The van der Waals surface area contributed by atoms with Gasteiger partial charge in [0.2, 0.25) is 0 Å². The number of hydrogen-bond donors (Lipinski definition) is 0. The minimum Gasteiger partial charge on any atom is -0.459 e. The molecule has 1 rings (SSSR count). The highest BCUT2D eigenvalue weighted by Crippen LogP contribution is 2.29. The molecular weight excluding hydrogens is 348 g/mol. The first-order chi connectivity index (χ1) is 12.3. The molecule has 0 amide bonds. The zero-order valence-corrected chi connectivity index (χ0v) is 16.6. The van der Waals surface area contributed by atoms with Crippen molar-refractivity contribution in [1.29, 1.82) is 0 Å². The number of unbranched alkanes of at least 4 members (excludes halogenated alkanes) is 1. The SMILES string of the molecule is C=CCC/C=C/C(=O)Cc1c(Cl)c(C)cc(C)c1C(=O)O[C@H](C)CC=C. The monoisotopic (exact) mass is 374 g/mol. The molecule has 0 aromatic heterocycles. The van der Waals surface area contributed by atoms with E-state index in [0.717, 1.165) is 24.0 Å². The molecule has 0 aliphatic heterocycles. The Balaban J connectivity index is 3.14. The number of ketones is 1. The molecule has 0 saturated carbocycles. The molecule has 0 bridgehead atoms. The van der Waals surface area contributed by atoms with E-state index in [1.165, 1.54) is 6.08 Å². The van der Waals surface area contributed by atoms with Gasteiger partial charge in [-0.15, -0.1) is 13.2 Å². The maximum atomic E-state index is 12.7. The molecule has 0 aliphatic carbocycles. The van der Waals surface area contributed by atoms with Crippen LogP contribution in [0.15, 0.2) is 43.5 Å². The summed E-state index contributed by atoms with van der Waals surface area (Å²) in [4.78, 5) is 25.0. The molecule has 140 valence electrons. The van der Waals surface area contributed by atoms with Crippen molar-refractivity contribution in [1.82, 2.24) is 0 Å². The summed E-state index contributed by atoms with van der Waals surface area (Å²) in [5.74, 6) is -0.564. The molecule has 0 saturated heterocycles. The van der Waals surface area contributed by atoms with Gasteiger partial charge >= 0.3 is 5.97 Å². The second kappa shape index (κ2) is 10.8. The maximum absolute atomic E-state index is 12.7. The first-order valence-corrected chi connectivity index (χ1v) is 9.10. The van der Waals surface area contributed by atoms with Crippen LogP contribution in [0.1, 0.15) is 53.2 Å². The Morgan fingerprint density at radius 1 is 1.19 bits per heavy atom. The van der Waals surface area contributed by atoms with E-state index in [-0.39, 0.29) is 18.3 Å². The molecule has 4 heteroatoms. The van der Waals surface area contributed by atoms with Gasteiger partial charge in [-0.2, -0.15) is 0 Å². The van der Waals surface area contributed by atoms with Crippen LogP contribution in [0, 0.1) is 13.8 Å². The number of halogens is 1. The number of aryl methyl sites for hydroxylation is 2. The Kier molecular flexibility index (Phi) is 9.08. The molecular formula is C22H27ClO3. The summed E-state index contributed by atoms with van der Waals surface area (Å²) < 4.78 is 5.48. The highest BCUT2D eigenvalue weighted by Gasteiger charge is 2.23. The number of carbonyl (C=O) groups is 2. The van der Waals surface area contributed by atoms with E-state index in [4.69, 9.17) is 16.3 Å². The smallest absolute Gasteiger partial charge is 0.339 e. The lowest BCUT2D eigenvalue weighted by molar-refractivity contribution is -0.114. The molecule has 0 spiro atoms. The zero-order chi connectivity index (χ0) is 19.7. The van der Waals surface area contributed by atoms with Crippen molar-refractivity contribution in [2.24, 2.45) is 0 Å². The van der Waals surface area contributed by atoms with Gasteiger partial charge in [0.05, 0.1) is 5.56 Å². The Hall–Kier alpha value is -2.13. The van der Waals surface area contributed by atoms with E-state index < -0.39 is 5.97 Å². The molecule has 1 aromatic carbocycles. The molecule has 1 atom stereocenters. The third-order valence-corrected chi connectivity index (χ3v) is 4.47. The van der Waals surface area contributed by atoms with Crippen molar-refractivity contribution in [3.05, 3.63) is 70.8 Å². The molecule has 0 radical (unpaired) electrons. The number of ether oxygens (including phenoxy) is 1. The lowest BCUT2D eigenvalue weighted by Gasteiger charge is -2.17. The Morgan fingerprint density at radius 3 is 2.50 bits per heavy atom. The highest BCUT2D eigenvalue weighted by molar-refractivity contribution is 6.33. The summed E-state index contributed by atoms with van der Waals surface area (Å²) >= 11 is 6.43. The van der Waals surface area contributed by atoms with Crippen molar-refractivity contribution in [2.45, 2.75) is 52.6 Å². The maximum Gasteiger partial charge on any atom is 0.339 e. The number of hydrogen-bond acceptors (Lipinski definition) is 3. The van der Waals surface area contributed by atoms with Gasteiger partial charge < -0.3 is 4.74 Å². The lowest BCUT2D eigenvalue weighted by Crippen LogP contribution is -2.18. The fraction of sp³-hybridized carbons (Fsp3) is 0.364. The van der Waals surface area contributed by atoms with Crippen LogP contribution in [0.3, 0.4) is 0 Å². The van der Waals surface area contributed by atoms with Crippen LogP contribution < -0.4 is 0 Å². The molecule has 0 aliphatic rings. The standard InChI is InChI=1S/C22H27ClO3/c1-6-8-9-10-12-18(24)14-19-20(15(3)13-16(4)21(19)23)22(25)26-17(5)11-7-2/h6-7,10,12-13,17H,1-2,8-9,11,14H2,3-5H3/b12-10+/t17-/m1/s1. The van der Waals surface area contributed by atoms with Crippen LogP contribution in [0.4, 0.5) is 0 Å². The van der Waals surface area contributed by atoms with Crippen LogP contribution in [0.5, 0.6) is 0 Å². The highest BCUT2D eigenvalue weighted by atomic mass is 35.5. The van der Waals surface area contributed by atoms with Crippen molar-refractivity contribution >= 4 is 23.4 Å². The lowest BCUT2D eigenvalue weighted by atomic mass is 9.95. The predicted molar refractivity (Wildman–Crippen MR) is 108 cm³/mol. The second-order valence-corrected chi connectivity index (χ2v) is 6.71. The predicted octanol–water partition coefficient (Wildman–Crippen LogP) is 5.71. The third-order valence-electron chi connectivity index (χ3n) is 3.94. The average Bonchev–Trinajstić information content (AvgIpc) is 2.56. The number of carbonyl (C=O) groups excluding carboxylic acids is 2. The topological polar surface area (TPSA) is 43.4 Å². The van der Waals surface area contributed by atoms with Gasteiger partial charge in [0.25, 0.3) is 0 Å². The fourth-order valence-corrected chi connectivity index (χ4v) is 2.90. The summed E-state index contributed by atoms with van der Waals surface area (Å²) in [7, 11) is 0. The number of esters is 1. The Bertz CT molecular complexity index is 717. The molecule has 0 N–H and O–H groups in total. The number of rotatable bonds is 10. The van der Waals surface area contributed by atoms with Gasteiger partial charge in [0, 0.05) is 17.9 Å². The summed E-state index contributed by atoms with van der Waals surface area (Å²) in [6, 6.07) is 1.84. The van der Waals surface area contributed by atoms with Gasteiger partial charge in [-0.3, -0.25) is 4.79 Å². The first kappa shape index (κ1) is 21.9. The molecule has 0 heterocycles. The summed E-state index contributed by atoms with van der Waals surface area (Å²) in [5, 5.41) is 0.437. The van der Waals surface area contributed by atoms with Crippen molar-refractivity contribution in [3.63, 3.8) is 0 Å². The molecule has 3 nitrogen and oxygen atoms in total. The van der Waals surface area contributed by atoms with E-state index in [9.17, 15) is 9.59 Å². The van der Waals surface area contributed by atoms with Crippen LogP contribution in [0.25, 0.3) is 0 Å². The van der Waals surface area contributed by atoms with Crippen LogP contribution in [-0.4, -0.2) is 17.9 Å². The van der Waals surface area contributed by atoms with E-state index in [0.29, 0.717) is 22.6 Å². The van der Waals surface area contributed by atoms with Gasteiger partial charge in [-0.25, -0.2) is 4.79 Å². The Labute approximate surface area is 161 Å². The summed E-state index contributed by atoms with van der Waals surface area (Å²) in [5.41, 5.74) is 2.49. The molecule has 1 aromatic rings. The van der Waals surface area contributed by atoms with Gasteiger partial charge in [0.15, 0.2) is 5.78 Å². The van der Waals surface area contributed by atoms with Gasteiger partial charge in [0.1, 0.15) is 6.10 Å². The fourth-order valence-electron chi connectivity index (χ4n) is 2.68. The van der Waals surface area contributed by atoms with Crippen molar-refractivity contribution < 1.29 is 14.3 Å². The van der Waals surface area contributed by atoms with Crippen LogP contribution in [0.2, 0.25) is 5.02 Å². The third kappa shape index (κ3) is 6.30. The minimum atomic E-state index is -0.461. The summed E-state index contributed by atoms with van der Waals surface area (Å²) in [6.45, 7) is 12.8. The van der Waals surface area contributed by atoms with Gasteiger partial charge in [-0.05, 0) is 56.4 Å². The molecule has 0 unspecified atom stereocenters. The van der Waals surface area contributed by atoms with E-state index in [2.05, 4.69) is 13.2 Å². The average molecular weight is 375 g/mol. The van der Waals surface area contributed by atoms with E-state index in [1.807, 2.05) is 26.0 Å². The molecule has 26 heavy (non-hydrogen) atoms. The van der Waals surface area contributed by atoms with E-state index >= 15 is 0 Å². The second-order valence-electron chi connectivity index (χ2n) is 6.33. The van der Waals surface area contributed by atoms with Crippen LogP contribution >= 0.6 is 11.6 Å².